The topological polar surface area (TPSA) is 83.6 Å². The Kier molecular flexibility index (Phi) is 4.39. The van der Waals surface area contributed by atoms with Crippen molar-refractivity contribution in [2.45, 2.75) is 38.6 Å². The highest BCUT2D eigenvalue weighted by Gasteiger charge is 2.26. The van der Waals surface area contributed by atoms with Crippen LogP contribution in [-0.2, 0) is 11.2 Å². The zero-order valence-electron chi connectivity index (χ0n) is 11.6. The first-order valence-corrected chi connectivity index (χ1v) is 6.95. The predicted molar refractivity (Wildman–Crippen MR) is 77.0 cm³/mol. The molecule has 2 rings (SSSR count). The molecule has 3 N–H and O–H groups in total. The van der Waals surface area contributed by atoms with E-state index in [1.165, 1.54) is 0 Å². The van der Waals surface area contributed by atoms with Crippen molar-refractivity contribution in [3.63, 3.8) is 0 Å². The second kappa shape index (κ2) is 6.05. The lowest BCUT2D eigenvalue weighted by Gasteiger charge is -2.31. The molecule has 108 valence electrons. The van der Waals surface area contributed by atoms with Crippen LogP contribution in [-0.4, -0.2) is 29.6 Å². The molecule has 0 fully saturated rings. The maximum atomic E-state index is 12.3. The normalized spacial score (nSPS) is 15.6. The number of benzene rings is 1. The van der Waals surface area contributed by atoms with Gasteiger partial charge in [0.2, 0.25) is 5.91 Å². The molecule has 0 aromatic heterocycles. The Morgan fingerprint density at radius 3 is 2.85 bits per heavy atom. The lowest BCUT2D eigenvalue weighted by molar-refractivity contribution is -0.119. The third kappa shape index (κ3) is 2.82. The average Bonchev–Trinajstić information content (AvgIpc) is 2.45. The number of carbonyl (C=O) groups is 2. The Bertz CT molecular complexity index is 528. The van der Waals surface area contributed by atoms with E-state index in [1.54, 1.807) is 17.0 Å². The third-order valence-electron chi connectivity index (χ3n) is 3.74. The molecule has 20 heavy (non-hydrogen) atoms. The van der Waals surface area contributed by atoms with E-state index in [0.29, 0.717) is 24.9 Å². The average molecular weight is 276 g/mol. The predicted octanol–water partition coefficient (Wildman–Crippen LogP) is 1.79. The first kappa shape index (κ1) is 14.5. The minimum absolute atomic E-state index is 0.0251. The van der Waals surface area contributed by atoms with E-state index >= 15 is 0 Å². The monoisotopic (exact) mass is 276 g/mol. The van der Waals surface area contributed by atoms with Crippen LogP contribution in [0.1, 0.15) is 42.1 Å². The van der Waals surface area contributed by atoms with E-state index in [4.69, 9.17) is 5.73 Å². The van der Waals surface area contributed by atoms with Crippen LogP contribution in [0.3, 0.4) is 0 Å². The van der Waals surface area contributed by atoms with Crippen LogP contribution in [0.15, 0.2) is 18.2 Å². The number of carbonyl (C=O) groups excluding carboxylic acids is 1. The maximum Gasteiger partial charge on any atom is 0.336 e. The number of hydrogen-bond donors (Lipinski definition) is 2. The summed E-state index contributed by atoms with van der Waals surface area (Å²) in [5.74, 6) is -0.968. The molecule has 0 spiro atoms. The Morgan fingerprint density at radius 1 is 1.45 bits per heavy atom. The second-order valence-electron chi connectivity index (χ2n) is 5.13. The third-order valence-corrected chi connectivity index (χ3v) is 3.74. The van der Waals surface area contributed by atoms with Crippen molar-refractivity contribution >= 4 is 17.6 Å². The summed E-state index contributed by atoms with van der Waals surface area (Å²) in [5, 5.41) is 9.23. The molecular formula is C15H20N2O3. The molecule has 1 atom stereocenters. The van der Waals surface area contributed by atoms with Crippen molar-refractivity contribution in [2.75, 3.05) is 11.4 Å². The van der Waals surface area contributed by atoms with Gasteiger partial charge in [0.25, 0.3) is 0 Å². The van der Waals surface area contributed by atoms with Gasteiger partial charge in [-0.2, -0.15) is 0 Å². The van der Waals surface area contributed by atoms with Crippen LogP contribution in [0.5, 0.6) is 0 Å². The number of rotatable bonds is 4. The van der Waals surface area contributed by atoms with Crippen molar-refractivity contribution in [1.82, 2.24) is 0 Å². The fraction of sp³-hybridized carbons (Fsp3) is 0.467. The first-order valence-electron chi connectivity index (χ1n) is 6.95. The Labute approximate surface area is 118 Å². The first-order chi connectivity index (χ1) is 9.54. The van der Waals surface area contributed by atoms with Crippen molar-refractivity contribution in [3.05, 3.63) is 29.3 Å². The summed E-state index contributed by atoms with van der Waals surface area (Å²) < 4.78 is 0. The van der Waals surface area contributed by atoms with Gasteiger partial charge in [-0.25, -0.2) is 4.79 Å². The zero-order chi connectivity index (χ0) is 14.7. The van der Waals surface area contributed by atoms with Gasteiger partial charge in [-0.15, -0.1) is 0 Å². The van der Waals surface area contributed by atoms with Crippen LogP contribution in [0, 0.1) is 0 Å². The molecule has 1 amide bonds. The molecule has 1 aromatic carbocycles. The number of fused-ring (bicyclic) bond motifs is 1. The minimum Gasteiger partial charge on any atom is -0.478 e. The van der Waals surface area contributed by atoms with Crippen molar-refractivity contribution in [2.24, 2.45) is 5.73 Å². The molecule has 5 nitrogen and oxygen atoms in total. The highest BCUT2D eigenvalue weighted by Crippen LogP contribution is 2.30. The van der Waals surface area contributed by atoms with Crippen molar-refractivity contribution in [3.8, 4) is 0 Å². The highest BCUT2D eigenvalue weighted by atomic mass is 16.4. The van der Waals surface area contributed by atoms with Gasteiger partial charge in [-0.1, -0.05) is 13.0 Å². The molecule has 1 aromatic rings. The molecular weight excluding hydrogens is 256 g/mol. The number of amides is 1. The zero-order valence-corrected chi connectivity index (χ0v) is 11.6. The van der Waals surface area contributed by atoms with Crippen LogP contribution in [0.4, 0.5) is 5.69 Å². The van der Waals surface area contributed by atoms with Crippen LogP contribution in [0.25, 0.3) is 0 Å². The van der Waals surface area contributed by atoms with Gasteiger partial charge in [-0.3, -0.25) is 4.79 Å². The van der Waals surface area contributed by atoms with Crippen LogP contribution >= 0.6 is 0 Å². The highest BCUT2D eigenvalue weighted by molar-refractivity contribution is 5.98. The van der Waals surface area contributed by atoms with Gasteiger partial charge in [0.05, 0.1) is 5.56 Å². The smallest absolute Gasteiger partial charge is 0.336 e. The molecule has 1 aliphatic rings. The largest absolute Gasteiger partial charge is 0.478 e. The lowest BCUT2D eigenvalue weighted by Crippen LogP contribution is -2.39. The van der Waals surface area contributed by atoms with E-state index in [-0.39, 0.29) is 11.9 Å². The minimum atomic E-state index is -0.943. The number of carboxylic acid groups (broad SMARTS) is 1. The van der Waals surface area contributed by atoms with Crippen LogP contribution in [0.2, 0.25) is 0 Å². The van der Waals surface area contributed by atoms with E-state index in [1.807, 2.05) is 13.0 Å². The quantitative estimate of drug-likeness (QED) is 0.878. The number of nitrogens with two attached hydrogens (primary N) is 1. The Morgan fingerprint density at radius 2 is 2.20 bits per heavy atom. The summed E-state index contributed by atoms with van der Waals surface area (Å²) in [7, 11) is 0. The van der Waals surface area contributed by atoms with Crippen molar-refractivity contribution in [1.29, 1.82) is 0 Å². The van der Waals surface area contributed by atoms with E-state index in [9.17, 15) is 14.7 Å². The lowest BCUT2D eigenvalue weighted by atomic mass is 9.95. The molecule has 1 heterocycles. The van der Waals surface area contributed by atoms with Gasteiger partial charge in [-0.05, 0) is 37.0 Å². The number of anilines is 1. The van der Waals surface area contributed by atoms with Gasteiger partial charge in [0.1, 0.15) is 0 Å². The summed E-state index contributed by atoms with van der Waals surface area (Å²) in [6, 6.07) is 4.95. The molecule has 0 saturated carbocycles. The van der Waals surface area contributed by atoms with Crippen molar-refractivity contribution < 1.29 is 14.7 Å². The summed E-state index contributed by atoms with van der Waals surface area (Å²) in [5.41, 5.74) is 7.61. The van der Waals surface area contributed by atoms with E-state index in [2.05, 4.69) is 0 Å². The molecule has 0 radical (unpaired) electrons. The summed E-state index contributed by atoms with van der Waals surface area (Å²) >= 11 is 0. The number of carboxylic acids is 1. The molecule has 1 aliphatic heterocycles. The van der Waals surface area contributed by atoms with Gasteiger partial charge < -0.3 is 15.7 Å². The number of aromatic carboxylic acids is 1. The van der Waals surface area contributed by atoms with Gasteiger partial charge in [0, 0.05) is 24.7 Å². The summed E-state index contributed by atoms with van der Waals surface area (Å²) in [6.45, 7) is 2.58. The molecule has 1 unspecified atom stereocenters. The molecule has 0 aliphatic carbocycles. The maximum absolute atomic E-state index is 12.3. The fourth-order valence-electron chi connectivity index (χ4n) is 2.56. The number of nitrogens with zero attached hydrogens (tertiary/aromatic N) is 1. The van der Waals surface area contributed by atoms with Gasteiger partial charge >= 0.3 is 5.97 Å². The second-order valence-corrected chi connectivity index (χ2v) is 5.13. The standard InChI is InChI=1S/C15H20N2O3/c1-2-10(16)9-14(18)17-8-4-6-11-12(15(19)20)5-3-7-13(11)17/h3,5,7,10H,2,4,6,8-9,16H2,1H3,(H,19,20). The molecule has 5 heteroatoms. The summed E-state index contributed by atoms with van der Waals surface area (Å²) in [4.78, 5) is 25.2. The Balaban J connectivity index is 2.31. The van der Waals surface area contributed by atoms with Gasteiger partial charge in [0.15, 0.2) is 0 Å². The summed E-state index contributed by atoms with van der Waals surface area (Å²) in [6.07, 6.45) is 2.53. The van der Waals surface area contributed by atoms with E-state index < -0.39 is 5.97 Å². The molecule has 0 bridgehead atoms. The fourth-order valence-corrected chi connectivity index (χ4v) is 2.56. The molecule has 0 saturated heterocycles. The Hall–Kier alpha value is -1.88. The number of hydrogen-bond acceptors (Lipinski definition) is 3. The SMILES string of the molecule is CCC(N)CC(=O)N1CCCc2c(C(=O)O)cccc21. The van der Waals surface area contributed by atoms with E-state index in [0.717, 1.165) is 24.1 Å². The van der Waals surface area contributed by atoms with Crippen LogP contribution < -0.4 is 10.6 Å².